The third kappa shape index (κ3) is 4.71. The van der Waals surface area contributed by atoms with Gasteiger partial charge in [0.1, 0.15) is 12.4 Å². The van der Waals surface area contributed by atoms with E-state index >= 15 is 0 Å². The Bertz CT molecular complexity index is 787. The van der Waals surface area contributed by atoms with Crippen molar-refractivity contribution in [3.05, 3.63) is 69.8 Å². The summed E-state index contributed by atoms with van der Waals surface area (Å²) < 4.78 is 5.92. The number of likely N-dealkylation sites (tertiary alicyclic amines) is 1. The largest absolute Gasteiger partial charge is 0.492 e. The summed E-state index contributed by atoms with van der Waals surface area (Å²) in [5, 5.41) is 10.7. The van der Waals surface area contributed by atoms with Crippen LogP contribution in [0, 0.1) is 10.1 Å². The van der Waals surface area contributed by atoms with Crippen LogP contribution in [0.15, 0.2) is 48.5 Å². The highest BCUT2D eigenvalue weighted by Crippen LogP contribution is 2.21. The van der Waals surface area contributed by atoms with Gasteiger partial charge in [-0.05, 0) is 68.8 Å². The van der Waals surface area contributed by atoms with Gasteiger partial charge < -0.3 is 4.74 Å². The molecule has 1 atom stereocenters. The number of ether oxygens (including phenoxy) is 1. The number of carbonyl (C=O) groups excluding carboxylic acids is 1. The molecule has 2 aromatic carbocycles. The molecule has 6 heteroatoms. The lowest BCUT2D eigenvalue weighted by Crippen LogP contribution is -2.34. The molecule has 0 amide bonds. The monoisotopic (exact) mass is 368 g/mol. The van der Waals surface area contributed by atoms with E-state index in [1.807, 2.05) is 0 Å². The molecular weight excluding hydrogens is 344 g/mol. The quantitative estimate of drug-likeness (QED) is 0.399. The van der Waals surface area contributed by atoms with Crippen LogP contribution >= 0.6 is 0 Å². The average Bonchev–Trinajstić information content (AvgIpc) is 3.14. The van der Waals surface area contributed by atoms with Crippen LogP contribution in [0.3, 0.4) is 0 Å². The van der Waals surface area contributed by atoms with Gasteiger partial charge in [0.25, 0.3) is 5.69 Å². The fourth-order valence-corrected chi connectivity index (χ4v) is 3.46. The summed E-state index contributed by atoms with van der Waals surface area (Å²) in [7, 11) is 0. The Labute approximate surface area is 158 Å². The number of hydrogen-bond donors (Lipinski definition) is 0. The second-order valence-electron chi connectivity index (χ2n) is 6.80. The van der Waals surface area contributed by atoms with E-state index in [9.17, 15) is 14.9 Å². The smallest absolute Gasteiger partial charge is 0.269 e. The van der Waals surface area contributed by atoms with E-state index in [0.29, 0.717) is 23.8 Å². The number of carbonyl (C=O) groups is 1. The van der Waals surface area contributed by atoms with Crippen molar-refractivity contribution >= 4 is 11.5 Å². The maximum Gasteiger partial charge on any atom is 0.269 e. The van der Waals surface area contributed by atoms with Crippen molar-refractivity contribution in [3.8, 4) is 5.75 Å². The SMILES string of the molecule is CCCN1CCCC1COc1ccc(C(=O)c2ccc([N+](=O)[O-])cc2)cc1. The third-order valence-corrected chi connectivity index (χ3v) is 4.91. The molecule has 1 fully saturated rings. The zero-order valence-electron chi connectivity index (χ0n) is 15.5. The fraction of sp³-hybridized carbons (Fsp3) is 0.381. The summed E-state index contributed by atoms with van der Waals surface area (Å²) in [5.41, 5.74) is 0.930. The summed E-state index contributed by atoms with van der Waals surface area (Å²) in [6, 6.07) is 13.2. The van der Waals surface area contributed by atoms with E-state index in [1.54, 1.807) is 24.3 Å². The Hall–Kier alpha value is -2.73. The number of rotatable bonds is 8. The number of nitro benzene ring substituents is 1. The van der Waals surface area contributed by atoms with Crippen LogP contribution in [0.1, 0.15) is 42.1 Å². The minimum atomic E-state index is -0.480. The molecule has 0 saturated carbocycles. The summed E-state index contributed by atoms with van der Waals surface area (Å²) in [6.45, 7) is 5.10. The maximum atomic E-state index is 12.5. The summed E-state index contributed by atoms with van der Waals surface area (Å²) >= 11 is 0. The van der Waals surface area contributed by atoms with Gasteiger partial charge in [-0.3, -0.25) is 19.8 Å². The topological polar surface area (TPSA) is 72.7 Å². The number of nitro groups is 1. The van der Waals surface area contributed by atoms with E-state index in [0.717, 1.165) is 31.7 Å². The predicted octanol–water partition coefficient (Wildman–Crippen LogP) is 4.08. The molecule has 0 aliphatic carbocycles. The summed E-state index contributed by atoms with van der Waals surface area (Å²) in [5.74, 6) is 0.583. The Morgan fingerprint density at radius 3 is 2.37 bits per heavy atom. The Morgan fingerprint density at radius 1 is 1.15 bits per heavy atom. The summed E-state index contributed by atoms with van der Waals surface area (Å²) in [6.07, 6.45) is 3.53. The predicted molar refractivity (Wildman–Crippen MR) is 103 cm³/mol. The highest BCUT2D eigenvalue weighted by Gasteiger charge is 2.24. The zero-order valence-corrected chi connectivity index (χ0v) is 15.5. The van der Waals surface area contributed by atoms with E-state index in [2.05, 4.69) is 11.8 Å². The van der Waals surface area contributed by atoms with Gasteiger partial charge in [0.2, 0.25) is 0 Å². The van der Waals surface area contributed by atoms with Crippen LogP contribution in [-0.2, 0) is 0 Å². The first-order valence-electron chi connectivity index (χ1n) is 9.34. The van der Waals surface area contributed by atoms with Gasteiger partial charge in [0, 0.05) is 29.3 Å². The number of benzene rings is 2. The van der Waals surface area contributed by atoms with Gasteiger partial charge in [-0.15, -0.1) is 0 Å². The van der Waals surface area contributed by atoms with Crippen molar-refractivity contribution in [3.63, 3.8) is 0 Å². The zero-order chi connectivity index (χ0) is 19.2. The molecular formula is C21H24N2O4. The first-order valence-corrected chi connectivity index (χ1v) is 9.34. The molecule has 0 spiro atoms. The lowest BCUT2D eigenvalue weighted by molar-refractivity contribution is -0.384. The molecule has 3 rings (SSSR count). The highest BCUT2D eigenvalue weighted by atomic mass is 16.6. The fourth-order valence-electron chi connectivity index (χ4n) is 3.46. The van der Waals surface area contributed by atoms with Gasteiger partial charge in [-0.1, -0.05) is 6.92 Å². The van der Waals surface area contributed by atoms with Crippen molar-refractivity contribution in [2.24, 2.45) is 0 Å². The van der Waals surface area contributed by atoms with E-state index < -0.39 is 4.92 Å². The molecule has 2 aromatic rings. The van der Waals surface area contributed by atoms with E-state index in [-0.39, 0.29) is 11.5 Å². The summed E-state index contributed by atoms with van der Waals surface area (Å²) in [4.78, 5) is 25.2. The molecule has 1 aliphatic heterocycles. The van der Waals surface area contributed by atoms with Crippen LogP contribution in [0.5, 0.6) is 5.75 Å². The molecule has 142 valence electrons. The lowest BCUT2D eigenvalue weighted by atomic mass is 10.0. The molecule has 0 aromatic heterocycles. The molecule has 0 N–H and O–H groups in total. The molecule has 0 bridgehead atoms. The molecule has 1 saturated heterocycles. The van der Waals surface area contributed by atoms with Crippen molar-refractivity contribution in [2.45, 2.75) is 32.2 Å². The van der Waals surface area contributed by atoms with Gasteiger partial charge in [0.05, 0.1) is 4.92 Å². The molecule has 1 aliphatic rings. The molecule has 6 nitrogen and oxygen atoms in total. The standard InChI is InChI=1S/C21H24N2O4/c1-2-13-22-14-3-4-19(22)15-27-20-11-7-17(8-12-20)21(24)16-5-9-18(10-6-16)23(25)26/h5-12,19H,2-4,13-15H2,1H3. The number of hydrogen-bond acceptors (Lipinski definition) is 5. The minimum Gasteiger partial charge on any atom is -0.492 e. The first kappa shape index (κ1) is 19.0. The van der Waals surface area contributed by atoms with Crippen molar-refractivity contribution in [1.82, 2.24) is 4.90 Å². The first-order chi connectivity index (χ1) is 13.1. The van der Waals surface area contributed by atoms with Crippen LogP contribution in [0.25, 0.3) is 0 Å². The van der Waals surface area contributed by atoms with Gasteiger partial charge in [-0.25, -0.2) is 0 Å². The highest BCUT2D eigenvalue weighted by molar-refractivity contribution is 6.09. The van der Waals surface area contributed by atoms with Gasteiger partial charge in [0.15, 0.2) is 5.78 Å². The normalized spacial score (nSPS) is 17.0. The van der Waals surface area contributed by atoms with E-state index in [1.165, 1.54) is 30.7 Å². The second-order valence-corrected chi connectivity index (χ2v) is 6.80. The molecule has 1 unspecified atom stereocenters. The molecule has 1 heterocycles. The van der Waals surface area contributed by atoms with Crippen molar-refractivity contribution in [1.29, 1.82) is 0 Å². The Balaban J connectivity index is 1.59. The maximum absolute atomic E-state index is 12.5. The van der Waals surface area contributed by atoms with Crippen LogP contribution in [-0.4, -0.2) is 41.3 Å². The third-order valence-electron chi connectivity index (χ3n) is 4.91. The number of ketones is 1. The molecule has 27 heavy (non-hydrogen) atoms. The van der Waals surface area contributed by atoms with Gasteiger partial charge >= 0.3 is 0 Å². The van der Waals surface area contributed by atoms with Crippen molar-refractivity contribution < 1.29 is 14.5 Å². The average molecular weight is 368 g/mol. The Kier molecular flexibility index (Phi) is 6.19. The number of non-ortho nitro benzene ring substituents is 1. The van der Waals surface area contributed by atoms with E-state index in [4.69, 9.17) is 4.74 Å². The van der Waals surface area contributed by atoms with Crippen LogP contribution in [0.4, 0.5) is 5.69 Å². The lowest BCUT2D eigenvalue weighted by Gasteiger charge is -2.23. The van der Waals surface area contributed by atoms with Crippen LogP contribution < -0.4 is 4.74 Å². The van der Waals surface area contributed by atoms with Gasteiger partial charge in [-0.2, -0.15) is 0 Å². The van der Waals surface area contributed by atoms with Crippen LogP contribution in [0.2, 0.25) is 0 Å². The minimum absolute atomic E-state index is 0.0284. The number of nitrogens with zero attached hydrogens (tertiary/aromatic N) is 2. The van der Waals surface area contributed by atoms with Crippen molar-refractivity contribution in [2.75, 3.05) is 19.7 Å². The second kappa shape index (κ2) is 8.77. The Morgan fingerprint density at radius 2 is 1.78 bits per heavy atom. The molecule has 0 radical (unpaired) electrons.